The van der Waals surface area contributed by atoms with E-state index in [2.05, 4.69) is 10.5 Å². The number of nitrogens with one attached hydrogen (secondary N) is 1. The summed E-state index contributed by atoms with van der Waals surface area (Å²) in [5, 5.41) is 8.21. The van der Waals surface area contributed by atoms with Gasteiger partial charge in [0.05, 0.1) is 5.92 Å². The zero-order valence-electron chi connectivity index (χ0n) is 19.5. The van der Waals surface area contributed by atoms with Crippen molar-refractivity contribution in [3.8, 4) is 11.5 Å². The van der Waals surface area contributed by atoms with Crippen molar-refractivity contribution < 1.29 is 28.4 Å². The number of nitrogens with zero attached hydrogens (tertiary/aromatic N) is 2. The molecular weight excluding hydrogens is 462 g/mol. The van der Waals surface area contributed by atoms with Crippen LogP contribution in [0.15, 0.2) is 77.3 Å². The first-order valence-corrected chi connectivity index (χ1v) is 11.4. The van der Waals surface area contributed by atoms with Crippen LogP contribution in [0.5, 0.6) is 11.5 Å². The molecule has 0 bridgehead atoms. The summed E-state index contributed by atoms with van der Waals surface area (Å²) in [6.45, 7) is 1.39. The van der Waals surface area contributed by atoms with Gasteiger partial charge in [-0.3, -0.25) is 14.4 Å². The van der Waals surface area contributed by atoms with Crippen molar-refractivity contribution in [2.24, 2.45) is 5.92 Å². The minimum atomic E-state index is -0.661. The van der Waals surface area contributed by atoms with Crippen molar-refractivity contribution in [2.45, 2.75) is 13.3 Å². The number of fused-ring (bicyclic) bond motifs is 1. The van der Waals surface area contributed by atoms with E-state index in [1.165, 1.54) is 4.90 Å². The fraction of sp³-hybridized carbons (Fsp3) is 0.185. The van der Waals surface area contributed by atoms with Crippen LogP contribution in [-0.2, 0) is 19.1 Å². The first-order valence-electron chi connectivity index (χ1n) is 11.4. The van der Waals surface area contributed by atoms with Gasteiger partial charge in [-0.15, -0.1) is 0 Å². The molecule has 9 nitrogen and oxygen atoms in total. The van der Waals surface area contributed by atoms with Crippen LogP contribution < -0.4 is 15.0 Å². The number of amides is 2. The Morgan fingerprint density at radius 1 is 1.08 bits per heavy atom. The van der Waals surface area contributed by atoms with Gasteiger partial charge in [0.25, 0.3) is 5.91 Å². The van der Waals surface area contributed by atoms with Crippen LogP contribution in [0.3, 0.4) is 0 Å². The molecule has 1 N–H and O–H groups in total. The van der Waals surface area contributed by atoms with Gasteiger partial charge < -0.3 is 24.2 Å². The Kier molecular flexibility index (Phi) is 6.36. The first kappa shape index (κ1) is 23.1. The Morgan fingerprint density at radius 2 is 1.86 bits per heavy atom. The lowest BCUT2D eigenvalue weighted by atomic mass is 10.1. The Bertz CT molecular complexity index is 1420. The predicted octanol–water partition coefficient (Wildman–Crippen LogP) is 4.46. The van der Waals surface area contributed by atoms with Crippen LogP contribution in [0.25, 0.3) is 10.8 Å². The molecular formula is C27H23N3O6. The molecule has 4 aromatic rings. The lowest BCUT2D eigenvalue weighted by molar-refractivity contribution is -0.151. The van der Waals surface area contributed by atoms with Gasteiger partial charge in [0.1, 0.15) is 17.3 Å². The smallest absolute Gasteiger partial charge is 0.311 e. The summed E-state index contributed by atoms with van der Waals surface area (Å²) in [7, 11) is 0. The standard InChI is InChI=1S/C27H23N3O6/c1-17-13-24(29-36-17)28-25(31)16-34-27(33)19-14-26(32)30(15-19)20-9-11-21(12-10-20)35-23-8-4-6-18-5-2-3-7-22(18)23/h2-13,19H,14-16H2,1H3,(H,28,29,31)/t19-/m0/s1. The summed E-state index contributed by atoms with van der Waals surface area (Å²) in [6.07, 6.45) is 0.0111. The van der Waals surface area contributed by atoms with Crippen molar-refractivity contribution in [1.82, 2.24) is 5.16 Å². The summed E-state index contributed by atoms with van der Waals surface area (Å²) in [6, 6.07) is 22.5. The van der Waals surface area contributed by atoms with Gasteiger partial charge in [-0.05, 0) is 42.6 Å². The highest BCUT2D eigenvalue weighted by Crippen LogP contribution is 2.32. The van der Waals surface area contributed by atoms with E-state index in [9.17, 15) is 14.4 Å². The Hall–Kier alpha value is -4.66. The molecule has 2 heterocycles. The predicted molar refractivity (Wildman–Crippen MR) is 132 cm³/mol. The Labute approximate surface area is 206 Å². The van der Waals surface area contributed by atoms with Crippen LogP contribution in [-0.4, -0.2) is 36.1 Å². The van der Waals surface area contributed by atoms with Gasteiger partial charge in [0, 0.05) is 30.1 Å². The van der Waals surface area contributed by atoms with Crippen molar-refractivity contribution in [3.05, 3.63) is 78.6 Å². The van der Waals surface area contributed by atoms with E-state index >= 15 is 0 Å². The monoisotopic (exact) mass is 485 g/mol. The normalized spacial score (nSPS) is 15.2. The molecule has 9 heteroatoms. The second-order valence-corrected chi connectivity index (χ2v) is 8.46. The molecule has 3 aromatic carbocycles. The second-order valence-electron chi connectivity index (χ2n) is 8.46. The van der Waals surface area contributed by atoms with E-state index in [1.54, 1.807) is 37.3 Å². The summed E-state index contributed by atoms with van der Waals surface area (Å²) in [5.74, 6) is 0.152. The number of aromatic nitrogens is 1. The maximum absolute atomic E-state index is 12.6. The molecule has 1 atom stereocenters. The number of ether oxygens (including phenoxy) is 2. The van der Waals surface area contributed by atoms with Gasteiger partial charge in [-0.1, -0.05) is 41.6 Å². The Balaban J connectivity index is 1.17. The van der Waals surface area contributed by atoms with Crippen LogP contribution in [0.1, 0.15) is 12.2 Å². The molecule has 1 aromatic heterocycles. The van der Waals surface area contributed by atoms with Crippen molar-refractivity contribution in [1.29, 1.82) is 0 Å². The molecule has 0 unspecified atom stereocenters. The van der Waals surface area contributed by atoms with Gasteiger partial charge >= 0.3 is 5.97 Å². The molecule has 1 saturated heterocycles. The zero-order chi connectivity index (χ0) is 25.1. The van der Waals surface area contributed by atoms with E-state index in [-0.39, 0.29) is 24.7 Å². The molecule has 1 fully saturated rings. The minimum absolute atomic E-state index is 0.0111. The van der Waals surface area contributed by atoms with Crippen LogP contribution in [0, 0.1) is 12.8 Å². The summed E-state index contributed by atoms with van der Waals surface area (Å²) >= 11 is 0. The third-order valence-electron chi connectivity index (χ3n) is 5.83. The maximum Gasteiger partial charge on any atom is 0.311 e. The Morgan fingerprint density at radius 3 is 2.64 bits per heavy atom. The number of carbonyl (C=O) groups excluding carboxylic acids is 3. The van der Waals surface area contributed by atoms with Crippen LogP contribution in [0.4, 0.5) is 11.5 Å². The number of anilines is 2. The lowest BCUT2D eigenvalue weighted by Crippen LogP contribution is -2.28. The van der Waals surface area contributed by atoms with E-state index in [1.807, 2.05) is 42.5 Å². The number of esters is 1. The molecule has 0 saturated carbocycles. The molecule has 5 rings (SSSR count). The molecule has 0 aliphatic carbocycles. The quantitative estimate of drug-likeness (QED) is 0.385. The number of benzene rings is 3. The number of aryl methyl sites for hydroxylation is 1. The highest BCUT2D eigenvalue weighted by atomic mass is 16.5. The van der Waals surface area contributed by atoms with Crippen LogP contribution >= 0.6 is 0 Å². The molecule has 36 heavy (non-hydrogen) atoms. The average Bonchev–Trinajstić information content (AvgIpc) is 3.48. The van der Waals surface area contributed by atoms with Crippen molar-refractivity contribution in [3.63, 3.8) is 0 Å². The summed E-state index contributed by atoms with van der Waals surface area (Å²) in [4.78, 5) is 38.5. The molecule has 1 aliphatic heterocycles. The molecule has 182 valence electrons. The van der Waals surface area contributed by atoms with Crippen molar-refractivity contribution >= 4 is 40.1 Å². The highest BCUT2D eigenvalue weighted by Gasteiger charge is 2.36. The third-order valence-corrected chi connectivity index (χ3v) is 5.83. The maximum atomic E-state index is 12.6. The van der Waals surface area contributed by atoms with E-state index in [0.717, 1.165) is 16.5 Å². The zero-order valence-corrected chi connectivity index (χ0v) is 19.5. The number of hydrogen-bond acceptors (Lipinski definition) is 7. The van der Waals surface area contributed by atoms with Crippen LogP contribution in [0.2, 0.25) is 0 Å². The SMILES string of the molecule is Cc1cc(NC(=O)COC(=O)[C@H]2CC(=O)N(c3ccc(Oc4cccc5ccccc45)cc3)C2)no1. The summed E-state index contributed by atoms with van der Waals surface area (Å²) in [5.41, 5.74) is 0.653. The first-order chi connectivity index (χ1) is 17.5. The molecule has 0 radical (unpaired) electrons. The fourth-order valence-corrected chi connectivity index (χ4v) is 4.08. The second kappa shape index (κ2) is 9.91. The number of carbonyl (C=O) groups is 3. The topological polar surface area (TPSA) is 111 Å². The highest BCUT2D eigenvalue weighted by molar-refractivity contribution is 6.00. The lowest BCUT2D eigenvalue weighted by Gasteiger charge is -2.17. The number of rotatable bonds is 7. The summed E-state index contributed by atoms with van der Waals surface area (Å²) < 4.78 is 16.0. The fourth-order valence-electron chi connectivity index (χ4n) is 4.08. The van der Waals surface area contributed by atoms with E-state index in [0.29, 0.717) is 17.2 Å². The van der Waals surface area contributed by atoms with Gasteiger partial charge in [0.2, 0.25) is 5.91 Å². The number of hydrogen-bond donors (Lipinski definition) is 1. The van der Waals surface area contributed by atoms with Gasteiger partial charge in [-0.2, -0.15) is 0 Å². The van der Waals surface area contributed by atoms with E-state index in [4.69, 9.17) is 14.0 Å². The van der Waals surface area contributed by atoms with Crippen molar-refractivity contribution in [2.75, 3.05) is 23.4 Å². The molecule has 1 aliphatic rings. The van der Waals surface area contributed by atoms with Gasteiger partial charge in [0.15, 0.2) is 12.4 Å². The van der Waals surface area contributed by atoms with E-state index < -0.39 is 24.4 Å². The third kappa shape index (κ3) is 5.05. The largest absolute Gasteiger partial charge is 0.457 e. The minimum Gasteiger partial charge on any atom is -0.457 e. The average molecular weight is 485 g/mol. The molecule has 0 spiro atoms. The van der Waals surface area contributed by atoms with Gasteiger partial charge in [-0.25, -0.2) is 0 Å². The molecule has 2 amide bonds.